The highest BCUT2D eigenvalue weighted by molar-refractivity contribution is 6.36. The number of nitrogens with one attached hydrogen (secondary N) is 1. The van der Waals surface area contributed by atoms with Crippen LogP contribution in [-0.2, 0) is 4.79 Å². The van der Waals surface area contributed by atoms with Crippen LogP contribution in [0, 0.1) is 0 Å². The third kappa shape index (κ3) is 2.10. The third-order valence-corrected chi connectivity index (χ3v) is 3.31. The molecule has 0 radical (unpaired) electrons. The van der Waals surface area contributed by atoms with Crippen molar-refractivity contribution in [3.63, 3.8) is 0 Å². The number of aromatic hydroxyl groups is 2. The van der Waals surface area contributed by atoms with Gasteiger partial charge in [-0.15, -0.1) is 0 Å². The standard InChI is InChI=1S/C15H10ClNO3/c16-9-2-3-12-10(7-9)11(15(20)17-12)5-8-1-4-13(18)14(19)6-8/h1-7,18-19H,(H,17,20). The highest BCUT2D eigenvalue weighted by atomic mass is 35.5. The van der Waals surface area contributed by atoms with E-state index in [4.69, 9.17) is 11.6 Å². The second-order valence-electron chi connectivity index (χ2n) is 4.45. The number of rotatable bonds is 1. The van der Waals surface area contributed by atoms with Crippen molar-refractivity contribution in [2.24, 2.45) is 0 Å². The van der Waals surface area contributed by atoms with Crippen molar-refractivity contribution in [1.29, 1.82) is 0 Å². The summed E-state index contributed by atoms with van der Waals surface area (Å²) in [5, 5.41) is 22.0. The van der Waals surface area contributed by atoms with E-state index in [1.165, 1.54) is 12.1 Å². The molecule has 100 valence electrons. The number of phenols is 2. The molecule has 4 nitrogen and oxygen atoms in total. The Bertz CT molecular complexity index is 753. The summed E-state index contributed by atoms with van der Waals surface area (Å²) in [6.45, 7) is 0. The van der Waals surface area contributed by atoms with Crippen LogP contribution in [0.4, 0.5) is 5.69 Å². The Morgan fingerprint density at radius 2 is 1.85 bits per heavy atom. The molecule has 2 aromatic carbocycles. The average molecular weight is 288 g/mol. The Labute approximate surface area is 119 Å². The van der Waals surface area contributed by atoms with Crippen LogP contribution in [0.15, 0.2) is 36.4 Å². The fourth-order valence-corrected chi connectivity index (χ4v) is 2.27. The Morgan fingerprint density at radius 1 is 1.05 bits per heavy atom. The summed E-state index contributed by atoms with van der Waals surface area (Å²) in [6, 6.07) is 9.52. The lowest BCUT2D eigenvalue weighted by Gasteiger charge is -2.01. The van der Waals surface area contributed by atoms with Gasteiger partial charge in [0.2, 0.25) is 0 Å². The molecule has 0 aliphatic carbocycles. The predicted octanol–water partition coefficient (Wildman–Crippen LogP) is 3.24. The van der Waals surface area contributed by atoms with E-state index in [1.54, 1.807) is 30.3 Å². The number of benzene rings is 2. The van der Waals surface area contributed by atoms with Gasteiger partial charge in [0.05, 0.1) is 0 Å². The molecule has 0 aromatic heterocycles. The zero-order chi connectivity index (χ0) is 14.3. The molecular formula is C15H10ClNO3. The molecule has 3 N–H and O–H groups in total. The van der Waals surface area contributed by atoms with Gasteiger partial charge < -0.3 is 15.5 Å². The molecule has 0 atom stereocenters. The lowest BCUT2D eigenvalue weighted by Crippen LogP contribution is -2.03. The van der Waals surface area contributed by atoms with E-state index in [0.717, 1.165) is 5.56 Å². The molecule has 0 saturated heterocycles. The molecule has 0 unspecified atom stereocenters. The number of fused-ring (bicyclic) bond motifs is 1. The molecule has 0 saturated carbocycles. The minimum absolute atomic E-state index is 0.202. The maximum atomic E-state index is 12.0. The molecular weight excluding hydrogens is 278 g/mol. The molecule has 1 aliphatic heterocycles. The van der Waals surface area contributed by atoms with Crippen molar-refractivity contribution in [1.82, 2.24) is 0 Å². The zero-order valence-electron chi connectivity index (χ0n) is 10.2. The Balaban J connectivity index is 2.10. The van der Waals surface area contributed by atoms with Gasteiger partial charge in [-0.2, -0.15) is 0 Å². The summed E-state index contributed by atoms with van der Waals surface area (Å²) in [5.41, 5.74) is 2.49. The fourth-order valence-electron chi connectivity index (χ4n) is 2.10. The molecule has 3 rings (SSSR count). The number of hydrogen-bond donors (Lipinski definition) is 3. The van der Waals surface area contributed by atoms with Gasteiger partial charge in [0.15, 0.2) is 11.5 Å². The van der Waals surface area contributed by atoms with Crippen LogP contribution in [0.5, 0.6) is 11.5 Å². The minimum Gasteiger partial charge on any atom is -0.504 e. The molecule has 1 amide bonds. The van der Waals surface area contributed by atoms with Crippen molar-refractivity contribution in [2.75, 3.05) is 5.32 Å². The summed E-state index contributed by atoms with van der Waals surface area (Å²) in [4.78, 5) is 12.0. The summed E-state index contributed by atoms with van der Waals surface area (Å²) in [7, 11) is 0. The summed E-state index contributed by atoms with van der Waals surface area (Å²) in [6.07, 6.45) is 1.64. The van der Waals surface area contributed by atoms with Gasteiger partial charge >= 0.3 is 0 Å². The highest BCUT2D eigenvalue weighted by Gasteiger charge is 2.24. The first-order valence-corrected chi connectivity index (χ1v) is 6.27. The number of hydrogen-bond acceptors (Lipinski definition) is 3. The smallest absolute Gasteiger partial charge is 0.256 e. The van der Waals surface area contributed by atoms with Crippen LogP contribution in [0.1, 0.15) is 11.1 Å². The van der Waals surface area contributed by atoms with E-state index in [2.05, 4.69) is 5.32 Å². The number of halogens is 1. The topological polar surface area (TPSA) is 69.6 Å². The van der Waals surface area contributed by atoms with Gasteiger partial charge in [-0.05, 0) is 42.0 Å². The number of carbonyl (C=O) groups excluding carboxylic acids is 1. The number of phenolic OH excluding ortho intramolecular Hbond substituents is 2. The first-order valence-electron chi connectivity index (χ1n) is 5.89. The number of amides is 1. The van der Waals surface area contributed by atoms with E-state index in [-0.39, 0.29) is 17.4 Å². The summed E-state index contributed by atoms with van der Waals surface area (Å²) in [5.74, 6) is -0.662. The van der Waals surface area contributed by atoms with E-state index in [9.17, 15) is 15.0 Å². The Hall–Kier alpha value is -2.46. The first-order chi connectivity index (χ1) is 9.54. The van der Waals surface area contributed by atoms with E-state index < -0.39 is 0 Å². The van der Waals surface area contributed by atoms with E-state index >= 15 is 0 Å². The maximum Gasteiger partial charge on any atom is 0.256 e. The molecule has 1 aliphatic rings. The van der Waals surface area contributed by atoms with Crippen LogP contribution in [-0.4, -0.2) is 16.1 Å². The lowest BCUT2D eigenvalue weighted by molar-refractivity contribution is -0.110. The van der Waals surface area contributed by atoms with Crippen molar-refractivity contribution in [3.05, 3.63) is 52.5 Å². The number of anilines is 1. The van der Waals surface area contributed by atoms with Crippen molar-refractivity contribution < 1.29 is 15.0 Å². The predicted molar refractivity (Wildman–Crippen MR) is 77.7 cm³/mol. The second kappa shape index (κ2) is 4.58. The normalized spacial score (nSPS) is 15.2. The van der Waals surface area contributed by atoms with Crippen molar-refractivity contribution in [3.8, 4) is 11.5 Å². The monoisotopic (exact) mass is 287 g/mol. The zero-order valence-corrected chi connectivity index (χ0v) is 11.0. The third-order valence-electron chi connectivity index (χ3n) is 3.08. The lowest BCUT2D eigenvalue weighted by atomic mass is 10.0. The molecule has 0 spiro atoms. The maximum absolute atomic E-state index is 12.0. The fraction of sp³-hybridized carbons (Fsp3) is 0. The van der Waals surface area contributed by atoms with E-state index in [1.807, 2.05) is 0 Å². The molecule has 2 aromatic rings. The second-order valence-corrected chi connectivity index (χ2v) is 4.89. The van der Waals surface area contributed by atoms with Crippen molar-refractivity contribution in [2.45, 2.75) is 0 Å². The van der Waals surface area contributed by atoms with Gasteiger partial charge in [0.1, 0.15) is 0 Å². The van der Waals surface area contributed by atoms with Gasteiger partial charge in [0, 0.05) is 21.8 Å². The molecule has 0 bridgehead atoms. The quantitative estimate of drug-likeness (QED) is 0.557. The largest absolute Gasteiger partial charge is 0.504 e. The molecule has 20 heavy (non-hydrogen) atoms. The molecule has 0 fully saturated rings. The van der Waals surface area contributed by atoms with Crippen LogP contribution in [0.2, 0.25) is 5.02 Å². The molecule has 5 heteroatoms. The SMILES string of the molecule is O=C1Nc2ccc(Cl)cc2C1=Cc1ccc(O)c(O)c1. The Kier molecular flexibility index (Phi) is 2.88. The van der Waals surface area contributed by atoms with E-state index in [0.29, 0.717) is 21.8 Å². The van der Waals surface area contributed by atoms with Crippen LogP contribution >= 0.6 is 11.6 Å². The first kappa shape index (κ1) is 12.6. The van der Waals surface area contributed by atoms with Crippen LogP contribution in [0.3, 0.4) is 0 Å². The van der Waals surface area contributed by atoms with Gasteiger partial charge in [-0.25, -0.2) is 0 Å². The van der Waals surface area contributed by atoms with Gasteiger partial charge in [-0.3, -0.25) is 4.79 Å². The summed E-state index contributed by atoms with van der Waals surface area (Å²) < 4.78 is 0. The highest BCUT2D eigenvalue weighted by Crippen LogP contribution is 2.35. The summed E-state index contributed by atoms with van der Waals surface area (Å²) >= 11 is 5.95. The van der Waals surface area contributed by atoms with Crippen LogP contribution < -0.4 is 5.32 Å². The van der Waals surface area contributed by atoms with Gasteiger partial charge in [-0.1, -0.05) is 17.7 Å². The minimum atomic E-state index is -0.232. The molecule has 1 heterocycles. The van der Waals surface area contributed by atoms with Crippen molar-refractivity contribution >= 4 is 34.8 Å². The average Bonchev–Trinajstić information content (AvgIpc) is 2.70. The van der Waals surface area contributed by atoms with Crippen LogP contribution in [0.25, 0.3) is 11.6 Å². The van der Waals surface area contributed by atoms with Gasteiger partial charge in [0.25, 0.3) is 5.91 Å². The Morgan fingerprint density at radius 3 is 2.60 bits per heavy atom. The number of carbonyl (C=O) groups is 1.